The third-order valence-corrected chi connectivity index (χ3v) is 5.59. The Kier molecular flexibility index (Phi) is 3.35. The van der Waals surface area contributed by atoms with Gasteiger partial charge in [-0.2, -0.15) is 0 Å². The van der Waals surface area contributed by atoms with E-state index >= 15 is 0 Å². The SMILES string of the molecule is Cc1nc(N2CCOCC2)c2nc(S(C)(=O)=O)sc2n1. The lowest BCUT2D eigenvalue weighted by Gasteiger charge is -2.27. The molecule has 9 heteroatoms. The van der Waals surface area contributed by atoms with Crippen LogP contribution in [0, 0.1) is 6.92 Å². The van der Waals surface area contributed by atoms with E-state index in [-0.39, 0.29) is 4.34 Å². The van der Waals surface area contributed by atoms with Crippen LogP contribution in [0.25, 0.3) is 10.3 Å². The molecule has 7 nitrogen and oxygen atoms in total. The zero-order valence-corrected chi connectivity index (χ0v) is 12.8. The van der Waals surface area contributed by atoms with Gasteiger partial charge >= 0.3 is 0 Å². The predicted molar refractivity (Wildman–Crippen MR) is 76.1 cm³/mol. The Bertz CT molecular complexity index is 750. The molecule has 0 spiro atoms. The number of aryl methyl sites for hydroxylation is 1. The second-order valence-electron chi connectivity index (χ2n) is 4.60. The van der Waals surface area contributed by atoms with Crippen LogP contribution in [0.3, 0.4) is 0 Å². The largest absolute Gasteiger partial charge is 0.378 e. The van der Waals surface area contributed by atoms with Gasteiger partial charge in [0.05, 0.1) is 13.2 Å². The Morgan fingerprint density at radius 2 is 1.90 bits per heavy atom. The summed E-state index contributed by atoms with van der Waals surface area (Å²) in [4.78, 5) is 15.6. The molecule has 1 saturated heterocycles. The standard InChI is InChI=1S/C11H14N4O3S2/c1-7-12-9(15-3-5-18-6-4-15)8-10(13-7)19-11(14-8)20(2,16)17/h3-6H2,1-2H3. The number of fused-ring (bicyclic) bond motifs is 1. The molecule has 1 aliphatic rings. The van der Waals surface area contributed by atoms with E-state index in [2.05, 4.69) is 19.9 Å². The van der Waals surface area contributed by atoms with Gasteiger partial charge in [0.15, 0.2) is 5.82 Å². The topological polar surface area (TPSA) is 85.3 Å². The highest BCUT2D eigenvalue weighted by Crippen LogP contribution is 2.30. The van der Waals surface area contributed by atoms with E-state index in [1.807, 2.05) is 0 Å². The summed E-state index contributed by atoms with van der Waals surface area (Å²) in [5.74, 6) is 1.31. The molecule has 0 aliphatic carbocycles. The van der Waals surface area contributed by atoms with E-state index in [0.717, 1.165) is 30.7 Å². The first-order chi connectivity index (χ1) is 9.45. The number of thiazole rings is 1. The monoisotopic (exact) mass is 314 g/mol. The van der Waals surface area contributed by atoms with E-state index in [4.69, 9.17) is 4.74 Å². The molecule has 0 bridgehead atoms. The number of hydrogen-bond acceptors (Lipinski definition) is 8. The maximum Gasteiger partial charge on any atom is 0.211 e. The second-order valence-corrected chi connectivity index (χ2v) is 7.77. The zero-order chi connectivity index (χ0) is 14.3. The summed E-state index contributed by atoms with van der Waals surface area (Å²) in [6, 6.07) is 0. The third kappa shape index (κ3) is 2.48. The number of aromatic nitrogens is 3. The van der Waals surface area contributed by atoms with Crippen molar-refractivity contribution in [3.63, 3.8) is 0 Å². The summed E-state index contributed by atoms with van der Waals surface area (Å²) < 4.78 is 28.7. The van der Waals surface area contributed by atoms with Gasteiger partial charge in [0, 0.05) is 19.3 Å². The first-order valence-electron chi connectivity index (χ1n) is 6.13. The maximum absolute atomic E-state index is 11.6. The van der Waals surface area contributed by atoms with E-state index < -0.39 is 9.84 Å². The van der Waals surface area contributed by atoms with E-state index in [0.29, 0.717) is 35.2 Å². The normalized spacial score (nSPS) is 16.8. The Hall–Kier alpha value is -1.32. The van der Waals surface area contributed by atoms with Gasteiger partial charge in [-0.3, -0.25) is 0 Å². The molecular formula is C11H14N4O3S2. The lowest BCUT2D eigenvalue weighted by atomic mass is 10.4. The Morgan fingerprint density at radius 1 is 1.20 bits per heavy atom. The summed E-state index contributed by atoms with van der Waals surface area (Å²) in [6.07, 6.45) is 1.15. The summed E-state index contributed by atoms with van der Waals surface area (Å²) in [6.45, 7) is 4.50. The van der Waals surface area contributed by atoms with Crippen molar-refractivity contribution in [1.82, 2.24) is 15.0 Å². The van der Waals surface area contributed by atoms with Crippen molar-refractivity contribution in [2.75, 3.05) is 37.5 Å². The molecule has 0 N–H and O–H groups in total. The average Bonchev–Trinajstić information content (AvgIpc) is 2.82. The molecule has 0 radical (unpaired) electrons. The molecule has 3 heterocycles. The summed E-state index contributed by atoms with van der Waals surface area (Å²) in [7, 11) is -3.33. The van der Waals surface area contributed by atoms with Gasteiger partial charge in [-0.15, -0.1) is 0 Å². The molecule has 2 aromatic heterocycles. The summed E-state index contributed by atoms with van der Waals surface area (Å²) in [5, 5.41) is 0. The van der Waals surface area contributed by atoms with E-state index in [1.165, 1.54) is 0 Å². The van der Waals surface area contributed by atoms with E-state index in [9.17, 15) is 8.42 Å². The van der Waals surface area contributed by atoms with Crippen LogP contribution in [0.5, 0.6) is 0 Å². The quantitative estimate of drug-likeness (QED) is 0.804. The van der Waals surface area contributed by atoms with Gasteiger partial charge in [-0.25, -0.2) is 23.4 Å². The number of rotatable bonds is 2. The lowest BCUT2D eigenvalue weighted by molar-refractivity contribution is 0.122. The van der Waals surface area contributed by atoms with E-state index in [1.54, 1.807) is 6.92 Å². The molecule has 0 atom stereocenters. The van der Waals surface area contributed by atoms with Gasteiger partial charge in [0.1, 0.15) is 16.2 Å². The highest BCUT2D eigenvalue weighted by molar-refractivity contribution is 7.92. The van der Waals surface area contributed by atoms with Gasteiger partial charge < -0.3 is 9.64 Å². The highest BCUT2D eigenvalue weighted by Gasteiger charge is 2.22. The molecule has 0 aromatic carbocycles. The lowest BCUT2D eigenvalue weighted by Crippen LogP contribution is -2.37. The third-order valence-electron chi connectivity index (χ3n) is 2.96. The van der Waals surface area contributed by atoms with Crippen molar-refractivity contribution < 1.29 is 13.2 Å². The fourth-order valence-electron chi connectivity index (χ4n) is 2.05. The molecule has 1 fully saturated rings. The zero-order valence-electron chi connectivity index (χ0n) is 11.2. The fraction of sp³-hybridized carbons (Fsp3) is 0.545. The van der Waals surface area contributed by atoms with Gasteiger partial charge in [-0.05, 0) is 6.92 Å². The first kappa shape index (κ1) is 13.7. The molecule has 0 amide bonds. The number of ether oxygens (including phenoxy) is 1. The van der Waals surface area contributed by atoms with Crippen molar-refractivity contribution >= 4 is 37.3 Å². The molecule has 0 saturated carbocycles. The highest BCUT2D eigenvalue weighted by atomic mass is 32.2. The minimum Gasteiger partial charge on any atom is -0.378 e. The number of nitrogens with zero attached hydrogens (tertiary/aromatic N) is 4. The van der Waals surface area contributed by atoms with Crippen LogP contribution >= 0.6 is 11.3 Å². The number of morpholine rings is 1. The number of sulfone groups is 1. The van der Waals surface area contributed by atoms with Gasteiger partial charge in [0.2, 0.25) is 14.2 Å². The van der Waals surface area contributed by atoms with Crippen molar-refractivity contribution in [3.8, 4) is 0 Å². The van der Waals surface area contributed by atoms with Crippen molar-refractivity contribution in [2.24, 2.45) is 0 Å². The number of anilines is 1. The molecule has 2 aromatic rings. The second kappa shape index (κ2) is 4.90. The van der Waals surface area contributed by atoms with Gasteiger partial charge in [-0.1, -0.05) is 11.3 Å². The molecule has 1 aliphatic heterocycles. The molecule has 108 valence electrons. The maximum atomic E-state index is 11.6. The Balaban J connectivity index is 2.17. The van der Waals surface area contributed by atoms with Crippen molar-refractivity contribution in [1.29, 1.82) is 0 Å². The number of hydrogen-bond donors (Lipinski definition) is 0. The Morgan fingerprint density at radius 3 is 2.55 bits per heavy atom. The minimum atomic E-state index is -3.33. The van der Waals surface area contributed by atoms with Crippen LogP contribution in [0.4, 0.5) is 5.82 Å². The average molecular weight is 314 g/mol. The van der Waals surface area contributed by atoms with Gasteiger partial charge in [0.25, 0.3) is 0 Å². The predicted octanol–water partition coefficient (Wildman–Crippen LogP) is 0.635. The molecule has 0 unspecified atom stereocenters. The van der Waals surface area contributed by atoms with Crippen LogP contribution in [0.2, 0.25) is 0 Å². The Labute approximate surface area is 120 Å². The molecule has 20 heavy (non-hydrogen) atoms. The van der Waals surface area contributed by atoms with Crippen LogP contribution < -0.4 is 4.90 Å². The van der Waals surface area contributed by atoms with Crippen LogP contribution in [-0.2, 0) is 14.6 Å². The summed E-state index contributed by atoms with van der Waals surface area (Å²) in [5.41, 5.74) is 0.558. The fourth-order valence-corrected chi connectivity index (χ4v) is 3.86. The first-order valence-corrected chi connectivity index (χ1v) is 8.84. The molecular weight excluding hydrogens is 300 g/mol. The van der Waals surface area contributed by atoms with Crippen molar-refractivity contribution in [2.45, 2.75) is 11.3 Å². The minimum absolute atomic E-state index is 0.0851. The van der Waals surface area contributed by atoms with Crippen LogP contribution in [0.15, 0.2) is 4.34 Å². The molecule has 3 rings (SSSR count). The van der Waals surface area contributed by atoms with Crippen LogP contribution in [-0.4, -0.2) is 55.9 Å². The smallest absolute Gasteiger partial charge is 0.211 e. The summed E-state index contributed by atoms with van der Waals surface area (Å²) >= 11 is 1.09. The van der Waals surface area contributed by atoms with Crippen molar-refractivity contribution in [3.05, 3.63) is 5.82 Å². The van der Waals surface area contributed by atoms with Crippen LogP contribution in [0.1, 0.15) is 5.82 Å².